The Morgan fingerprint density at radius 3 is 2.31 bits per heavy atom. The minimum atomic E-state index is 0.0992. The van der Waals surface area contributed by atoms with Gasteiger partial charge in [0.25, 0.3) is 5.91 Å². The van der Waals surface area contributed by atoms with Gasteiger partial charge in [-0.15, -0.1) is 0 Å². The Labute approximate surface area is 158 Å². The van der Waals surface area contributed by atoms with E-state index in [0.29, 0.717) is 30.6 Å². The van der Waals surface area contributed by atoms with Gasteiger partial charge in [-0.3, -0.25) is 4.79 Å². The molecule has 1 aromatic carbocycles. The number of hydrogen-bond donors (Lipinski definition) is 1. The molecule has 2 rings (SSSR count). The Kier molecular flexibility index (Phi) is 8.75. The predicted molar refractivity (Wildman–Crippen MR) is 105 cm³/mol. The summed E-state index contributed by atoms with van der Waals surface area (Å²) in [6.07, 6.45) is 4.86. The summed E-state index contributed by atoms with van der Waals surface area (Å²) in [5.41, 5.74) is 0.687. The first-order chi connectivity index (χ1) is 12.7. The highest BCUT2D eigenvalue weighted by Gasteiger charge is 2.26. The molecule has 0 unspecified atom stereocenters. The maximum absolute atomic E-state index is 13.2. The van der Waals surface area contributed by atoms with Gasteiger partial charge in [-0.2, -0.15) is 0 Å². The summed E-state index contributed by atoms with van der Waals surface area (Å²) in [6.45, 7) is 10.3. The van der Waals surface area contributed by atoms with Crippen LogP contribution in [0.2, 0.25) is 0 Å². The van der Waals surface area contributed by atoms with Crippen LogP contribution in [0.15, 0.2) is 18.2 Å². The average molecular weight is 363 g/mol. The molecule has 0 aliphatic carbocycles. The molecule has 1 heterocycles. The molecule has 0 radical (unpaired) electrons. The van der Waals surface area contributed by atoms with Crippen molar-refractivity contribution in [2.75, 3.05) is 32.8 Å². The Morgan fingerprint density at radius 1 is 1.04 bits per heavy atom. The van der Waals surface area contributed by atoms with E-state index in [2.05, 4.69) is 26.1 Å². The molecule has 26 heavy (non-hydrogen) atoms. The normalized spacial score (nSPS) is 14.9. The van der Waals surface area contributed by atoms with Crippen molar-refractivity contribution < 1.29 is 14.3 Å². The van der Waals surface area contributed by atoms with Crippen molar-refractivity contribution in [2.45, 2.75) is 58.9 Å². The van der Waals surface area contributed by atoms with Crippen molar-refractivity contribution in [1.29, 1.82) is 0 Å². The molecular weight excluding hydrogens is 328 g/mol. The van der Waals surface area contributed by atoms with Crippen LogP contribution < -0.4 is 14.8 Å². The highest BCUT2D eigenvalue weighted by atomic mass is 16.5. The maximum Gasteiger partial charge on any atom is 0.254 e. The van der Waals surface area contributed by atoms with Gasteiger partial charge >= 0.3 is 0 Å². The number of amides is 1. The van der Waals surface area contributed by atoms with Gasteiger partial charge in [0.05, 0.1) is 13.2 Å². The third kappa shape index (κ3) is 5.63. The fraction of sp³-hybridized carbons (Fsp3) is 0.667. The summed E-state index contributed by atoms with van der Waals surface area (Å²) in [7, 11) is 0. The van der Waals surface area contributed by atoms with Crippen LogP contribution in [0.5, 0.6) is 11.5 Å². The number of carbonyl (C=O) groups excluding carboxylic acids is 1. The smallest absolute Gasteiger partial charge is 0.254 e. The predicted octanol–water partition coefficient (Wildman–Crippen LogP) is 3.87. The monoisotopic (exact) mass is 362 g/mol. The van der Waals surface area contributed by atoms with E-state index in [-0.39, 0.29) is 5.91 Å². The quantitative estimate of drug-likeness (QED) is 0.686. The van der Waals surface area contributed by atoms with Gasteiger partial charge < -0.3 is 19.7 Å². The lowest BCUT2D eigenvalue weighted by Gasteiger charge is -2.34. The van der Waals surface area contributed by atoms with E-state index < -0.39 is 0 Å². The lowest BCUT2D eigenvalue weighted by Crippen LogP contribution is -2.46. The summed E-state index contributed by atoms with van der Waals surface area (Å²) < 4.78 is 11.6. The Hall–Kier alpha value is -1.75. The largest absolute Gasteiger partial charge is 0.490 e. The summed E-state index contributed by atoms with van der Waals surface area (Å²) >= 11 is 0. The molecule has 0 atom stereocenters. The van der Waals surface area contributed by atoms with Gasteiger partial charge in [-0.25, -0.2) is 0 Å². The third-order valence-electron chi connectivity index (χ3n) is 4.59. The Morgan fingerprint density at radius 2 is 1.69 bits per heavy atom. The molecule has 1 amide bonds. The number of piperidine rings is 1. The number of nitrogens with one attached hydrogen (secondary N) is 1. The van der Waals surface area contributed by atoms with Gasteiger partial charge in [0.2, 0.25) is 0 Å². The van der Waals surface area contributed by atoms with E-state index in [1.165, 1.54) is 0 Å². The molecule has 1 aliphatic heterocycles. The Balaban J connectivity index is 2.21. The first kappa shape index (κ1) is 20.6. The number of carbonyl (C=O) groups is 1. The number of ether oxygens (including phenoxy) is 2. The van der Waals surface area contributed by atoms with E-state index in [0.717, 1.165) is 57.5 Å². The van der Waals surface area contributed by atoms with E-state index in [1.54, 1.807) is 0 Å². The van der Waals surface area contributed by atoms with Gasteiger partial charge in [0.1, 0.15) is 0 Å². The van der Waals surface area contributed by atoms with Crippen LogP contribution in [-0.2, 0) is 0 Å². The molecule has 1 saturated heterocycles. The zero-order chi connectivity index (χ0) is 18.8. The molecule has 1 aromatic rings. The second-order valence-corrected chi connectivity index (χ2v) is 6.84. The van der Waals surface area contributed by atoms with Crippen molar-refractivity contribution in [3.8, 4) is 11.5 Å². The second-order valence-electron chi connectivity index (χ2n) is 6.84. The topological polar surface area (TPSA) is 50.8 Å². The number of nitrogens with zero attached hydrogens (tertiary/aromatic N) is 1. The van der Waals surface area contributed by atoms with Crippen molar-refractivity contribution in [2.24, 2.45) is 0 Å². The summed E-state index contributed by atoms with van der Waals surface area (Å²) in [6, 6.07) is 5.92. The van der Waals surface area contributed by atoms with E-state index in [9.17, 15) is 4.79 Å². The lowest BCUT2D eigenvalue weighted by molar-refractivity contribution is 0.0642. The van der Waals surface area contributed by atoms with Crippen LogP contribution in [0.3, 0.4) is 0 Å². The van der Waals surface area contributed by atoms with Crippen molar-refractivity contribution in [3.05, 3.63) is 23.8 Å². The van der Waals surface area contributed by atoms with E-state index in [4.69, 9.17) is 9.47 Å². The second kappa shape index (κ2) is 11.1. The van der Waals surface area contributed by atoms with Crippen molar-refractivity contribution >= 4 is 5.91 Å². The van der Waals surface area contributed by atoms with Crippen molar-refractivity contribution in [1.82, 2.24) is 10.2 Å². The van der Waals surface area contributed by atoms with Gasteiger partial charge in [-0.05, 0) is 63.4 Å². The van der Waals surface area contributed by atoms with Crippen LogP contribution in [0.25, 0.3) is 0 Å². The summed E-state index contributed by atoms with van der Waals surface area (Å²) in [4.78, 5) is 15.2. The van der Waals surface area contributed by atoms with E-state index >= 15 is 0 Å². The molecule has 0 saturated carbocycles. The molecule has 146 valence electrons. The minimum Gasteiger partial charge on any atom is -0.490 e. The van der Waals surface area contributed by atoms with Crippen LogP contribution in [0.1, 0.15) is 63.2 Å². The first-order valence-corrected chi connectivity index (χ1v) is 10.1. The highest BCUT2D eigenvalue weighted by molar-refractivity contribution is 5.95. The van der Waals surface area contributed by atoms with Crippen LogP contribution >= 0.6 is 0 Å². The van der Waals surface area contributed by atoms with Crippen molar-refractivity contribution in [3.63, 3.8) is 0 Å². The van der Waals surface area contributed by atoms with Gasteiger partial charge in [-0.1, -0.05) is 20.8 Å². The number of hydrogen-bond acceptors (Lipinski definition) is 4. The molecule has 5 heteroatoms. The molecule has 0 spiro atoms. The molecule has 1 fully saturated rings. The fourth-order valence-corrected chi connectivity index (χ4v) is 3.27. The number of rotatable bonds is 10. The first-order valence-electron chi connectivity index (χ1n) is 10.1. The van der Waals surface area contributed by atoms with Crippen LogP contribution in [-0.4, -0.2) is 49.7 Å². The molecule has 0 bridgehead atoms. The molecule has 0 aromatic heterocycles. The minimum absolute atomic E-state index is 0.0992. The van der Waals surface area contributed by atoms with Gasteiger partial charge in [0.15, 0.2) is 11.5 Å². The Bertz CT molecular complexity index is 556. The molecule has 1 N–H and O–H groups in total. The maximum atomic E-state index is 13.2. The summed E-state index contributed by atoms with van der Waals surface area (Å²) in [5.74, 6) is 1.50. The zero-order valence-electron chi connectivity index (χ0n) is 16.6. The number of benzene rings is 1. The zero-order valence-corrected chi connectivity index (χ0v) is 16.6. The molecule has 1 aliphatic rings. The standard InChI is InChI=1S/C21H34N2O3/c1-4-13-23(18-9-11-22-12-10-18)21(24)17-7-8-19(25-14-5-2)20(16-17)26-15-6-3/h7-8,16,18,22H,4-6,9-15H2,1-3H3. The average Bonchev–Trinajstić information content (AvgIpc) is 2.69. The molecular formula is C21H34N2O3. The van der Waals surface area contributed by atoms with Gasteiger partial charge in [0, 0.05) is 18.2 Å². The van der Waals surface area contributed by atoms with Crippen LogP contribution in [0, 0.1) is 0 Å². The highest BCUT2D eigenvalue weighted by Crippen LogP contribution is 2.30. The fourth-order valence-electron chi connectivity index (χ4n) is 3.27. The van der Waals surface area contributed by atoms with Crippen LogP contribution in [0.4, 0.5) is 0 Å². The molecule has 5 nitrogen and oxygen atoms in total. The van der Waals surface area contributed by atoms with E-state index in [1.807, 2.05) is 23.1 Å². The third-order valence-corrected chi connectivity index (χ3v) is 4.59. The lowest BCUT2D eigenvalue weighted by atomic mass is 10.0. The SMILES string of the molecule is CCCOc1ccc(C(=O)N(CCC)C2CCNCC2)cc1OCCC. The summed E-state index contributed by atoms with van der Waals surface area (Å²) in [5, 5.41) is 3.38.